The van der Waals surface area contributed by atoms with Gasteiger partial charge < -0.3 is 5.73 Å². The number of benzene rings is 2. The Hall–Kier alpha value is -3.27. The first kappa shape index (κ1) is 22.0. The number of nitrogens with zero attached hydrogens (tertiary/aromatic N) is 2. The maximum Gasteiger partial charge on any atom is 0.252 e. The molecule has 29 heavy (non-hydrogen) atoms. The molecule has 0 unspecified atom stereocenters. The standard InChI is InChI=1S/C22H22F2N3O2/c23-22(24,15-18-10-4-5-11-19(18)21(26)29)13-12-20(28)27(16-25)14-6-9-17-7-2-1-3-8-17/h1-5,7-8,10-12H,6,9,13-15H2,(H2,26,29). The van der Waals surface area contributed by atoms with E-state index in [1.54, 1.807) is 6.19 Å². The van der Waals surface area contributed by atoms with Gasteiger partial charge in [-0.1, -0.05) is 48.5 Å². The van der Waals surface area contributed by atoms with Crippen molar-refractivity contribution in [1.82, 2.24) is 4.90 Å². The summed E-state index contributed by atoms with van der Waals surface area (Å²) in [5.74, 6) is -4.80. The van der Waals surface area contributed by atoms with Gasteiger partial charge in [-0.25, -0.2) is 13.7 Å². The number of hydrogen-bond acceptors (Lipinski definition) is 3. The molecule has 0 saturated carbocycles. The fourth-order valence-corrected chi connectivity index (χ4v) is 2.91. The molecule has 151 valence electrons. The SMILES string of the molecule is N#CN(CCCc1ccccc1)C(=O)[CH]CC(F)(F)Cc1ccccc1C(N)=O. The number of alkyl halides is 2. The Kier molecular flexibility index (Phi) is 7.84. The lowest BCUT2D eigenvalue weighted by molar-refractivity contribution is -0.126. The van der Waals surface area contributed by atoms with Crippen LogP contribution in [-0.2, 0) is 17.6 Å². The van der Waals surface area contributed by atoms with Crippen molar-refractivity contribution in [2.75, 3.05) is 6.54 Å². The summed E-state index contributed by atoms with van der Waals surface area (Å²) in [5.41, 5.74) is 6.43. The van der Waals surface area contributed by atoms with Crippen molar-refractivity contribution in [2.24, 2.45) is 5.73 Å². The minimum atomic E-state index is -3.26. The van der Waals surface area contributed by atoms with Crippen LogP contribution in [0.2, 0.25) is 0 Å². The highest BCUT2D eigenvalue weighted by atomic mass is 19.3. The van der Waals surface area contributed by atoms with Gasteiger partial charge in [0.2, 0.25) is 11.8 Å². The lowest BCUT2D eigenvalue weighted by Crippen LogP contribution is -2.31. The van der Waals surface area contributed by atoms with Crippen LogP contribution in [0.15, 0.2) is 54.6 Å². The minimum absolute atomic E-state index is 0.0260. The maximum atomic E-state index is 14.3. The molecule has 0 spiro atoms. The van der Waals surface area contributed by atoms with Gasteiger partial charge in [-0.2, -0.15) is 5.26 Å². The molecule has 1 radical (unpaired) electrons. The van der Waals surface area contributed by atoms with E-state index < -0.39 is 30.6 Å². The Bertz CT molecular complexity index is 879. The van der Waals surface area contributed by atoms with Gasteiger partial charge in [-0.05, 0) is 30.0 Å². The summed E-state index contributed by atoms with van der Waals surface area (Å²) >= 11 is 0. The molecule has 2 aromatic rings. The van der Waals surface area contributed by atoms with Gasteiger partial charge in [-0.3, -0.25) is 9.59 Å². The maximum absolute atomic E-state index is 14.3. The molecule has 0 fully saturated rings. The zero-order chi connectivity index (χ0) is 21.3. The van der Waals surface area contributed by atoms with Crippen molar-refractivity contribution < 1.29 is 18.4 Å². The average Bonchev–Trinajstić information content (AvgIpc) is 2.70. The quantitative estimate of drug-likeness (QED) is 0.491. The fourth-order valence-electron chi connectivity index (χ4n) is 2.91. The van der Waals surface area contributed by atoms with E-state index in [0.717, 1.165) is 16.9 Å². The largest absolute Gasteiger partial charge is 0.366 e. The molecule has 0 aliphatic carbocycles. The number of carbonyl (C=O) groups is 2. The van der Waals surface area contributed by atoms with Gasteiger partial charge in [0.15, 0.2) is 6.19 Å². The minimum Gasteiger partial charge on any atom is -0.366 e. The van der Waals surface area contributed by atoms with E-state index >= 15 is 0 Å². The van der Waals surface area contributed by atoms with Gasteiger partial charge in [0.25, 0.3) is 5.92 Å². The second-order valence-electron chi connectivity index (χ2n) is 6.64. The molecule has 0 aliphatic heterocycles. The van der Waals surface area contributed by atoms with Crippen LogP contribution in [0.25, 0.3) is 0 Å². The summed E-state index contributed by atoms with van der Waals surface area (Å²) < 4.78 is 28.6. The van der Waals surface area contributed by atoms with E-state index in [-0.39, 0.29) is 17.7 Å². The number of primary amides is 1. The first-order valence-corrected chi connectivity index (χ1v) is 9.16. The molecule has 2 rings (SSSR count). The lowest BCUT2D eigenvalue weighted by atomic mass is 9.98. The van der Waals surface area contributed by atoms with Crippen molar-refractivity contribution in [1.29, 1.82) is 5.26 Å². The van der Waals surface area contributed by atoms with Crippen molar-refractivity contribution >= 4 is 11.8 Å². The molecular weight excluding hydrogens is 376 g/mol. The van der Waals surface area contributed by atoms with E-state index in [2.05, 4.69) is 0 Å². The lowest BCUT2D eigenvalue weighted by Gasteiger charge is -2.19. The highest BCUT2D eigenvalue weighted by molar-refractivity contribution is 5.94. The van der Waals surface area contributed by atoms with E-state index in [0.29, 0.717) is 12.8 Å². The predicted octanol–water partition coefficient (Wildman–Crippen LogP) is 3.50. The first-order chi connectivity index (χ1) is 13.8. The second-order valence-corrected chi connectivity index (χ2v) is 6.64. The fraction of sp³-hybridized carbons (Fsp3) is 0.273. The van der Waals surface area contributed by atoms with Crippen molar-refractivity contribution in [2.45, 2.75) is 31.6 Å². The smallest absolute Gasteiger partial charge is 0.252 e. The Morgan fingerprint density at radius 2 is 1.76 bits per heavy atom. The number of rotatable bonds is 10. The Balaban J connectivity index is 1.87. The van der Waals surface area contributed by atoms with E-state index in [9.17, 15) is 18.4 Å². The van der Waals surface area contributed by atoms with Gasteiger partial charge in [0.1, 0.15) is 0 Å². The molecule has 0 bridgehead atoms. The molecule has 2 aromatic carbocycles. The zero-order valence-corrected chi connectivity index (χ0v) is 15.9. The molecular formula is C22H22F2N3O2. The summed E-state index contributed by atoms with van der Waals surface area (Å²) in [5, 5.41) is 9.15. The Morgan fingerprint density at radius 3 is 2.41 bits per heavy atom. The van der Waals surface area contributed by atoms with Crippen molar-refractivity contribution in [3.63, 3.8) is 0 Å². The molecule has 2 amide bonds. The summed E-state index contributed by atoms with van der Waals surface area (Å²) in [4.78, 5) is 24.4. The number of aryl methyl sites for hydroxylation is 1. The molecule has 7 heteroatoms. The molecule has 0 atom stereocenters. The number of halogens is 2. The molecule has 0 saturated heterocycles. The van der Waals surface area contributed by atoms with Crippen molar-refractivity contribution in [3.8, 4) is 6.19 Å². The first-order valence-electron chi connectivity index (χ1n) is 9.16. The number of nitriles is 1. The van der Waals surface area contributed by atoms with Crippen molar-refractivity contribution in [3.05, 3.63) is 77.7 Å². The topological polar surface area (TPSA) is 87.2 Å². The number of nitrogens with two attached hydrogens (primary N) is 1. The third-order valence-electron chi connectivity index (χ3n) is 4.38. The van der Waals surface area contributed by atoms with Gasteiger partial charge in [0, 0.05) is 24.9 Å². The second kappa shape index (κ2) is 10.3. The average molecular weight is 398 g/mol. The monoisotopic (exact) mass is 398 g/mol. The third kappa shape index (κ3) is 7.00. The van der Waals surface area contributed by atoms with Gasteiger partial charge in [0.05, 0.1) is 6.42 Å². The summed E-state index contributed by atoms with van der Waals surface area (Å²) in [6.07, 6.45) is 2.21. The highest BCUT2D eigenvalue weighted by Gasteiger charge is 2.32. The van der Waals surface area contributed by atoms with Crippen LogP contribution in [0.3, 0.4) is 0 Å². The van der Waals surface area contributed by atoms with Crippen LogP contribution in [0, 0.1) is 17.9 Å². The Morgan fingerprint density at radius 1 is 1.10 bits per heavy atom. The van der Waals surface area contributed by atoms with Crippen LogP contribution in [0.1, 0.15) is 34.3 Å². The Labute approximate surface area is 168 Å². The third-order valence-corrected chi connectivity index (χ3v) is 4.38. The number of amides is 2. The molecule has 0 heterocycles. The van der Waals surface area contributed by atoms with Crippen LogP contribution in [0.4, 0.5) is 8.78 Å². The van der Waals surface area contributed by atoms with E-state index in [1.807, 2.05) is 30.3 Å². The molecule has 0 aromatic heterocycles. The normalized spacial score (nSPS) is 10.9. The summed E-state index contributed by atoms with van der Waals surface area (Å²) in [6, 6.07) is 15.4. The molecule has 5 nitrogen and oxygen atoms in total. The molecule has 2 N–H and O–H groups in total. The van der Waals surface area contributed by atoms with Crippen LogP contribution in [0.5, 0.6) is 0 Å². The van der Waals surface area contributed by atoms with Gasteiger partial charge in [-0.15, -0.1) is 0 Å². The molecule has 0 aliphatic rings. The summed E-state index contributed by atoms with van der Waals surface area (Å²) in [7, 11) is 0. The van der Waals surface area contributed by atoms with Crippen LogP contribution in [-0.4, -0.2) is 29.2 Å². The number of carbonyl (C=O) groups excluding carboxylic acids is 2. The predicted molar refractivity (Wildman–Crippen MR) is 105 cm³/mol. The van der Waals surface area contributed by atoms with Crippen LogP contribution >= 0.6 is 0 Å². The van der Waals surface area contributed by atoms with E-state index in [4.69, 9.17) is 11.0 Å². The van der Waals surface area contributed by atoms with Crippen LogP contribution < -0.4 is 5.73 Å². The van der Waals surface area contributed by atoms with Gasteiger partial charge >= 0.3 is 0 Å². The summed E-state index contributed by atoms with van der Waals surface area (Å²) in [6.45, 7) is 0.150. The zero-order valence-electron chi connectivity index (χ0n) is 15.9. The van der Waals surface area contributed by atoms with E-state index in [1.165, 1.54) is 24.3 Å². The highest BCUT2D eigenvalue weighted by Crippen LogP contribution is 2.27. The number of hydrogen-bond donors (Lipinski definition) is 1.